The number of hydrogen-bond donors (Lipinski definition) is 0. The van der Waals surface area contributed by atoms with Crippen molar-refractivity contribution < 1.29 is 0 Å². The highest BCUT2D eigenvalue weighted by molar-refractivity contribution is 5.47. The van der Waals surface area contributed by atoms with Crippen molar-refractivity contribution >= 4 is 18.2 Å². The Kier molecular flexibility index (Phi) is 3.33. The molecular weight excluding hydrogens is 174 g/mol. The van der Waals surface area contributed by atoms with Gasteiger partial charge in [0.15, 0.2) is 17.5 Å². The van der Waals surface area contributed by atoms with E-state index < -0.39 is 0 Å². The van der Waals surface area contributed by atoms with Crippen LogP contribution in [0.3, 0.4) is 0 Å². The van der Waals surface area contributed by atoms with E-state index in [0.29, 0.717) is 17.5 Å². The van der Waals surface area contributed by atoms with Crippen molar-refractivity contribution in [3.05, 3.63) is 48.7 Å². The summed E-state index contributed by atoms with van der Waals surface area (Å²) in [6.07, 6.45) is 4.67. The van der Waals surface area contributed by atoms with E-state index in [1.54, 1.807) is 18.2 Å². The van der Waals surface area contributed by atoms with Gasteiger partial charge in [-0.3, -0.25) is 0 Å². The first-order valence-corrected chi connectivity index (χ1v) is 3.90. The third-order valence-electron chi connectivity index (χ3n) is 1.33. The average molecular weight is 183 g/mol. The summed E-state index contributed by atoms with van der Waals surface area (Å²) in [6.45, 7) is 10.5. The molecule has 0 saturated heterocycles. The van der Waals surface area contributed by atoms with Gasteiger partial charge in [-0.2, -0.15) is 0 Å². The Balaban J connectivity index is 3.32. The van der Waals surface area contributed by atoms with E-state index in [2.05, 4.69) is 46.2 Å². The van der Waals surface area contributed by atoms with E-state index in [4.69, 9.17) is 0 Å². The molecule has 0 fully saturated rings. The molecule has 0 saturated carbocycles. The molecule has 0 bridgehead atoms. The molecule has 0 aromatic carbocycles. The molecule has 0 atom stereocenters. The highest BCUT2D eigenvalue weighted by Gasteiger charge is 1.98. The maximum atomic E-state index is 4.07. The second-order valence-electron chi connectivity index (χ2n) is 2.31. The second kappa shape index (κ2) is 4.73. The van der Waals surface area contributed by atoms with E-state index in [1.165, 1.54) is 0 Å². The molecule has 0 N–H and O–H groups in total. The summed E-state index contributed by atoms with van der Waals surface area (Å²) in [5.41, 5.74) is 5.19. The molecule has 0 spiro atoms. The first-order chi connectivity index (χ1) is 6.80. The van der Waals surface area contributed by atoms with Crippen molar-refractivity contribution in [3.8, 4) is 0 Å². The molecule has 0 radical (unpaired) electrons. The van der Waals surface area contributed by atoms with Gasteiger partial charge in [0, 0.05) is 12.2 Å². The maximum absolute atomic E-state index is 4.07. The zero-order valence-electron chi connectivity index (χ0n) is 7.70. The van der Waals surface area contributed by atoms with Crippen molar-refractivity contribution in [2.45, 2.75) is 0 Å². The predicted octanol–water partition coefficient (Wildman–Crippen LogP) is 2.11. The van der Waals surface area contributed by atoms with Crippen LogP contribution in [0.15, 0.2) is 31.2 Å². The van der Waals surface area contributed by atoms with Crippen LogP contribution in [0.25, 0.3) is 18.2 Å². The highest BCUT2D eigenvalue weighted by Crippen LogP contribution is 2.00. The summed E-state index contributed by atoms with van der Waals surface area (Å²) in [6, 6.07) is 0. The molecule has 0 unspecified atom stereocenters. The Bertz CT molecular complexity index is 411. The van der Waals surface area contributed by atoms with E-state index >= 15 is 0 Å². The molecular formula is C11H9N3. The van der Waals surface area contributed by atoms with Crippen LogP contribution in [0.2, 0.25) is 0 Å². The minimum absolute atomic E-state index is 0.492. The van der Waals surface area contributed by atoms with Gasteiger partial charge in [-0.1, -0.05) is 19.7 Å². The van der Waals surface area contributed by atoms with E-state index in [1.807, 2.05) is 0 Å². The van der Waals surface area contributed by atoms with Crippen molar-refractivity contribution in [2.75, 3.05) is 0 Å². The monoisotopic (exact) mass is 183 g/mol. The molecule has 14 heavy (non-hydrogen) atoms. The molecule has 1 rings (SSSR count). The van der Waals surface area contributed by atoms with E-state index in [9.17, 15) is 0 Å². The predicted molar refractivity (Wildman–Crippen MR) is 57.1 cm³/mol. The molecule has 1 heterocycles. The fourth-order valence-electron chi connectivity index (χ4n) is 0.830. The van der Waals surface area contributed by atoms with Crippen LogP contribution in [0.1, 0.15) is 17.5 Å². The largest absolute Gasteiger partial charge is 0.209 e. The molecule has 3 heteroatoms. The molecule has 0 aliphatic rings. The molecule has 0 amide bonds. The van der Waals surface area contributed by atoms with Crippen molar-refractivity contribution in [3.63, 3.8) is 0 Å². The number of nitrogens with zero attached hydrogens (tertiary/aromatic N) is 3. The molecule has 0 aliphatic carbocycles. The first kappa shape index (κ1) is 9.87. The van der Waals surface area contributed by atoms with Gasteiger partial charge in [0.05, 0.1) is 0 Å². The van der Waals surface area contributed by atoms with E-state index in [0.717, 1.165) is 0 Å². The van der Waals surface area contributed by atoms with Gasteiger partial charge in [-0.25, -0.2) is 15.0 Å². The highest BCUT2D eigenvalue weighted by atomic mass is 15.0. The minimum Gasteiger partial charge on any atom is -0.209 e. The van der Waals surface area contributed by atoms with Gasteiger partial charge >= 0.3 is 0 Å². The average Bonchev–Trinajstić information content (AvgIpc) is 2.18. The summed E-state index contributed by atoms with van der Waals surface area (Å²) in [5.74, 6) is 1.49. The Morgan fingerprint density at radius 1 is 0.857 bits per heavy atom. The van der Waals surface area contributed by atoms with Gasteiger partial charge in [0.2, 0.25) is 0 Å². The summed E-state index contributed by atoms with van der Waals surface area (Å²) in [5, 5.41) is 0. The SMILES string of the molecule is C=C=Cc1nc(C=C)nc(C=C=C)n1. The van der Waals surface area contributed by atoms with Gasteiger partial charge in [-0.15, -0.1) is 11.5 Å². The maximum Gasteiger partial charge on any atom is 0.164 e. The number of hydrogen-bond acceptors (Lipinski definition) is 3. The third kappa shape index (κ3) is 2.39. The van der Waals surface area contributed by atoms with Crippen LogP contribution in [0, 0.1) is 0 Å². The Morgan fingerprint density at radius 2 is 1.29 bits per heavy atom. The quantitative estimate of drug-likeness (QED) is 0.673. The topological polar surface area (TPSA) is 38.7 Å². The lowest BCUT2D eigenvalue weighted by molar-refractivity contribution is 0.990. The summed E-state index contributed by atoms with van der Waals surface area (Å²) >= 11 is 0. The van der Waals surface area contributed by atoms with Crippen LogP contribution in [-0.2, 0) is 0 Å². The molecule has 1 aromatic heterocycles. The van der Waals surface area contributed by atoms with Crippen LogP contribution in [0.5, 0.6) is 0 Å². The third-order valence-corrected chi connectivity index (χ3v) is 1.33. The molecule has 0 aliphatic heterocycles. The lowest BCUT2D eigenvalue weighted by Gasteiger charge is -1.96. The van der Waals surface area contributed by atoms with Crippen LogP contribution in [0.4, 0.5) is 0 Å². The number of aromatic nitrogens is 3. The summed E-state index contributed by atoms with van der Waals surface area (Å²) in [4.78, 5) is 12.2. The summed E-state index contributed by atoms with van der Waals surface area (Å²) < 4.78 is 0. The van der Waals surface area contributed by atoms with Crippen molar-refractivity contribution in [1.82, 2.24) is 15.0 Å². The van der Waals surface area contributed by atoms with Crippen molar-refractivity contribution in [1.29, 1.82) is 0 Å². The molecule has 1 aromatic rings. The van der Waals surface area contributed by atoms with Crippen LogP contribution in [-0.4, -0.2) is 15.0 Å². The molecule has 68 valence electrons. The zero-order valence-corrected chi connectivity index (χ0v) is 7.70. The lowest BCUT2D eigenvalue weighted by atomic mass is 10.4. The minimum atomic E-state index is 0.492. The fourth-order valence-corrected chi connectivity index (χ4v) is 0.830. The van der Waals surface area contributed by atoms with Crippen molar-refractivity contribution in [2.24, 2.45) is 0 Å². The Hall–Kier alpha value is -2.21. The lowest BCUT2D eigenvalue weighted by Crippen LogP contribution is -1.98. The first-order valence-electron chi connectivity index (χ1n) is 3.90. The Labute approximate surface area is 82.6 Å². The number of rotatable bonds is 3. The van der Waals surface area contributed by atoms with Crippen LogP contribution >= 0.6 is 0 Å². The molecule has 3 nitrogen and oxygen atoms in total. The van der Waals surface area contributed by atoms with Gasteiger partial charge in [0.1, 0.15) is 0 Å². The van der Waals surface area contributed by atoms with Gasteiger partial charge < -0.3 is 0 Å². The standard InChI is InChI=1S/C11H9N3/c1-4-7-10-12-9(6-3)13-11(14-10)8-5-2/h6-8H,1-3H2. The van der Waals surface area contributed by atoms with Crippen LogP contribution < -0.4 is 0 Å². The van der Waals surface area contributed by atoms with Gasteiger partial charge in [0.25, 0.3) is 0 Å². The Morgan fingerprint density at radius 3 is 1.64 bits per heavy atom. The second-order valence-corrected chi connectivity index (χ2v) is 2.31. The normalized spacial score (nSPS) is 8.29. The fraction of sp³-hybridized carbons (Fsp3) is 0. The smallest absolute Gasteiger partial charge is 0.164 e. The summed E-state index contributed by atoms with van der Waals surface area (Å²) in [7, 11) is 0. The zero-order chi connectivity index (χ0) is 10.4. The van der Waals surface area contributed by atoms with Gasteiger partial charge in [-0.05, 0) is 6.08 Å². The van der Waals surface area contributed by atoms with E-state index in [-0.39, 0.29) is 0 Å².